The summed E-state index contributed by atoms with van der Waals surface area (Å²) in [6.45, 7) is 0. The van der Waals surface area contributed by atoms with Crippen LogP contribution in [0.2, 0.25) is 0 Å². The number of methoxy groups -OCH3 is 1. The van der Waals surface area contributed by atoms with Crippen LogP contribution in [0.4, 0.5) is 5.13 Å². The van der Waals surface area contributed by atoms with E-state index in [0.29, 0.717) is 16.5 Å². The molecular weight excluding hydrogens is 382 g/mol. The number of esters is 1. The van der Waals surface area contributed by atoms with Gasteiger partial charge in [-0.3, -0.25) is 10.1 Å². The van der Waals surface area contributed by atoms with E-state index < -0.39 is 5.97 Å². The number of hydrogen-bond donors (Lipinski definition) is 2. The van der Waals surface area contributed by atoms with Gasteiger partial charge in [0, 0.05) is 22.0 Å². The number of nitrogens with zero attached hydrogens (tertiary/aromatic N) is 1. The summed E-state index contributed by atoms with van der Waals surface area (Å²) in [6.07, 6.45) is 7.51. The Morgan fingerprint density at radius 2 is 2.07 bits per heavy atom. The first-order chi connectivity index (χ1) is 13.1. The van der Waals surface area contributed by atoms with Gasteiger partial charge in [0.05, 0.1) is 17.7 Å². The van der Waals surface area contributed by atoms with Gasteiger partial charge < -0.3 is 9.72 Å². The predicted molar refractivity (Wildman–Crippen MR) is 107 cm³/mol. The number of aromatic amines is 1. The van der Waals surface area contributed by atoms with E-state index in [9.17, 15) is 9.59 Å². The Labute approximate surface area is 164 Å². The number of H-pyrrole nitrogens is 1. The molecule has 6 nitrogen and oxygen atoms in total. The first kappa shape index (κ1) is 17.9. The summed E-state index contributed by atoms with van der Waals surface area (Å²) < 4.78 is 4.69. The lowest BCUT2D eigenvalue weighted by Gasteiger charge is -1.98. The van der Waals surface area contributed by atoms with Crippen molar-refractivity contribution in [3.63, 3.8) is 0 Å². The monoisotopic (exact) mass is 401 g/mol. The van der Waals surface area contributed by atoms with Crippen LogP contribution in [0.15, 0.2) is 23.7 Å². The Balaban J connectivity index is 1.47. The van der Waals surface area contributed by atoms with Crippen LogP contribution in [-0.4, -0.2) is 29.0 Å². The molecule has 1 aliphatic rings. The third-order valence-electron chi connectivity index (χ3n) is 4.58. The van der Waals surface area contributed by atoms with Crippen molar-refractivity contribution in [1.29, 1.82) is 0 Å². The highest BCUT2D eigenvalue weighted by molar-refractivity contribution is 7.15. The minimum absolute atomic E-state index is 0.113. The number of rotatable bonds is 4. The fourth-order valence-corrected chi connectivity index (χ4v) is 5.04. The van der Waals surface area contributed by atoms with Crippen molar-refractivity contribution < 1.29 is 14.3 Å². The molecule has 1 aliphatic carbocycles. The van der Waals surface area contributed by atoms with E-state index in [1.807, 2.05) is 11.4 Å². The maximum absolute atomic E-state index is 12.6. The molecular formula is C19H19N3O3S2. The van der Waals surface area contributed by atoms with Gasteiger partial charge in [0.1, 0.15) is 5.69 Å². The van der Waals surface area contributed by atoms with E-state index in [1.54, 1.807) is 23.6 Å². The van der Waals surface area contributed by atoms with Crippen LogP contribution in [0.1, 0.15) is 49.9 Å². The summed E-state index contributed by atoms with van der Waals surface area (Å²) >= 11 is 2.96. The summed E-state index contributed by atoms with van der Waals surface area (Å²) in [7, 11) is 1.34. The molecule has 0 atom stereocenters. The number of anilines is 1. The van der Waals surface area contributed by atoms with Gasteiger partial charge in [-0.05, 0) is 43.4 Å². The number of aryl methyl sites for hydroxylation is 2. The number of thiophene rings is 1. The minimum atomic E-state index is -0.428. The van der Waals surface area contributed by atoms with Crippen LogP contribution in [0.25, 0.3) is 11.3 Å². The van der Waals surface area contributed by atoms with Crippen molar-refractivity contribution in [2.24, 2.45) is 0 Å². The van der Waals surface area contributed by atoms with Crippen LogP contribution in [0.3, 0.4) is 0 Å². The van der Waals surface area contributed by atoms with Crippen molar-refractivity contribution in [1.82, 2.24) is 9.97 Å². The maximum atomic E-state index is 12.6. The largest absolute Gasteiger partial charge is 0.464 e. The van der Waals surface area contributed by atoms with Crippen molar-refractivity contribution in [3.05, 3.63) is 44.7 Å². The average molecular weight is 402 g/mol. The number of amides is 1. The van der Waals surface area contributed by atoms with Crippen molar-refractivity contribution >= 4 is 39.7 Å². The van der Waals surface area contributed by atoms with Gasteiger partial charge in [-0.1, -0.05) is 6.42 Å². The number of aromatic nitrogens is 2. The first-order valence-corrected chi connectivity index (χ1v) is 10.5. The second-order valence-electron chi connectivity index (χ2n) is 6.41. The molecule has 0 spiro atoms. The molecule has 0 bridgehead atoms. The van der Waals surface area contributed by atoms with Gasteiger partial charge in [-0.15, -0.1) is 22.7 Å². The fraction of sp³-hybridized carbons (Fsp3) is 0.316. The predicted octanol–water partition coefficient (Wildman–Crippen LogP) is 4.51. The molecule has 0 aliphatic heterocycles. The Morgan fingerprint density at radius 3 is 2.93 bits per heavy atom. The molecule has 4 rings (SSSR count). The fourth-order valence-electron chi connectivity index (χ4n) is 3.17. The van der Waals surface area contributed by atoms with Gasteiger partial charge in [0.15, 0.2) is 5.13 Å². The second-order valence-corrected chi connectivity index (χ2v) is 8.40. The standard InChI is InChI=1S/C19H19N3O3S2/c1-25-18(24)13-7-12(9-20-13)14-10-26-19(21-14)22-17(23)16-8-11-5-3-2-4-6-15(11)27-16/h7-10,20H,2-6H2,1H3,(H,21,22,23). The van der Waals surface area contributed by atoms with E-state index >= 15 is 0 Å². The molecule has 0 unspecified atom stereocenters. The van der Waals surface area contributed by atoms with E-state index in [-0.39, 0.29) is 5.91 Å². The van der Waals surface area contributed by atoms with Crippen molar-refractivity contribution in [3.8, 4) is 11.3 Å². The number of fused-ring (bicyclic) bond motifs is 1. The number of carbonyl (C=O) groups is 2. The van der Waals surface area contributed by atoms with E-state index in [4.69, 9.17) is 4.74 Å². The van der Waals surface area contributed by atoms with Crippen LogP contribution in [-0.2, 0) is 17.6 Å². The van der Waals surface area contributed by atoms with Gasteiger partial charge in [-0.2, -0.15) is 0 Å². The topological polar surface area (TPSA) is 84.1 Å². The second kappa shape index (κ2) is 7.66. The molecule has 8 heteroatoms. The van der Waals surface area contributed by atoms with Gasteiger partial charge >= 0.3 is 5.97 Å². The smallest absolute Gasteiger partial charge is 0.354 e. The molecule has 140 valence electrons. The molecule has 3 aromatic rings. The summed E-state index contributed by atoms with van der Waals surface area (Å²) in [6, 6.07) is 3.72. The summed E-state index contributed by atoms with van der Waals surface area (Å²) in [5, 5.41) is 5.28. The SMILES string of the molecule is COC(=O)c1cc(-c2csc(NC(=O)c3cc4c(s3)CCCCC4)n2)c[nH]1. The van der Waals surface area contributed by atoms with Gasteiger partial charge in [0.25, 0.3) is 5.91 Å². The van der Waals surface area contributed by atoms with Crippen LogP contribution >= 0.6 is 22.7 Å². The lowest BCUT2D eigenvalue weighted by molar-refractivity contribution is 0.0594. The Bertz CT molecular complexity index is 963. The quantitative estimate of drug-likeness (QED) is 0.498. The van der Waals surface area contributed by atoms with E-state index in [1.165, 1.54) is 48.1 Å². The zero-order valence-electron chi connectivity index (χ0n) is 14.8. The van der Waals surface area contributed by atoms with Crippen LogP contribution < -0.4 is 5.32 Å². The highest BCUT2D eigenvalue weighted by atomic mass is 32.1. The number of hydrogen-bond acceptors (Lipinski definition) is 6. The lowest BCUT2D eigenvalue weighted by atomic mass is 10.1. The number of nitrogens with one attached hydrogen (secondary N) is 2. The lowest BCUT2D eigenvalue weighted by Crippen LogP contribution is -2.09. The summed E-state index contributed by atoms with van der Waals surface area (Å²) in [5.41, 5.74) is 3.16. The zero-order valence-corrected chi connectivity index (χ0v) is 16.5. The van der Waals surface area contributed by atoms with Crippen LogP contribution in [0, 0.1) is 0 Å². The number of thiazole rings is 1. The normalized spacial score (nSPS) is 13.7. The van der Waals surface area contributed by atoms with E-state index in [2.05, 4.69) is 15.3 Å². The summed E-state index contributed by atoms with van der Waals surface area (Å²) in [5.74, 6) is -0.541. The molecule has 0 radical (unpaired) electrons. The molecule has 0 saturated heterocycles. The molecule has 0 fully saturated rings. The van der Waals surface area contributed by atoms with E-state index in [0.717, 1.165) is 23.3 Å². The summed E-state index contributed by atoms with van der Waals surface area (Å²) in [4.78, 5) is 33.6. The molecule has 27 heavy (non-hydrogen) atoms. The van der Waals surface area contributed by atoms with Gasteiger partial charge in [-0.25, -0.2) is 9.78 Å². The number of carbonyl (C=O) groups excluding carboxylic acids is 2. The average Bonchev–Trinajstić information content (AvgIpc) is 3.38. The molecule has 3 aromatic heterocycles. The molecule has 2 N–H and O–H groups in total. The van der Waals surface area contributed by atoms with Crippen molar-refractivity contribution in [2.45, 2.75) is 32.1 Å². The third-order valence-corrected chi connectivity index (χ3v) is 6.57. The Hall–Kier alpha value is -2.45. The van der Waals surface area contributed by atoms with Gasteiger partial charge in [0.2, 0.25) is 0 Å². The molecule has 0 saturated carbocycles. The van der Waals surface area contributed by atoms with Crippen molar-refractivity contribution in [2.75, 3.05) is 12.4 Å². The highest BCUT2D eigenvalue weighted by Gasteiger charge is 2.18. The minimum Gasteiger partial charge on any atom is -0.464 e. The Morgan fingerprint density at radius 1 is 1.22 bits per heavy atom. The first-order valence-electron chi connectivity index (χ1n) is 8.79. The number of ether oxygens (including phenoxy) is 1. The zero-order chi connectivity index (χ0) is 18.8. The molecule has 0 aromatic carbocycles. The van der Waals surface area contributed by atoms with Crippen LogP contribution in [0.5, 0.6) is 0 Å². The Kier molecular flexibility index (Phi) is 5.09. The highest BCUT2D eigenvalue weighted by Crippen LogP contribution is 2.30. The molecule has 1 amide bonds. The maximum Gasteiger partial charge on any atom is 0.354 e. The third kappa shape index (κ3) is 3.81. The molecule has 3 heterocycles.